The molecule has 1 aromatic heterocycles. The molecule has 0 fully saturated rings. The maximum absolute atomic E-state index is 5.49. The van der Waals surface area contributed by atoms with Crippen molar-refractivity contribution in [1.82, 2.24) is 10.3 Å². The molecule has 1 unspecified atom stereocenters. The van der Waals surface area contributed by atoms with Crippen molar-refractivity contribution in [3.8, 4) is 5.75 Å². The monoisotopic (exact) mass is 270 g/mol. The van der Waals surface area contributed by atoms with Crippen LogP contribution in [0.4, 0.5) is 0 Å². The molecule has 0 bridgehead atoms. The normalized spacial score (nSPS) is 12.1. The first-order chi connectivity index (χ1) is 9.85. The van der Waals surface area contributed by atoms with E-state index in [-0.39, 0.29) is 6.04 Å². The zero-order valence-electron chi connectivity index (χ0n) is 12.2. The predicted octanol–water partition coefficient (Wildman–Crippen LogP) is 3.57. The van der Waals surface area contributed by atoms with E-state index in [9.17, 15) is 0 Å². The van der Waals surface area contributed by atoms with E-state index >= 15 is 0 Å². The van der Waals surface area contributed by atoms with Crippen molar-refractivity contribution in [2.75, 3.05) is 13.2 Å². The van der Waals surface area contributed by atoms with Gasteiger partial charge < -0.3 is 10.1 Å². The van der Waals surface area contributed by atoms with Crippen molar-refractivity contribution in [2.45, 2.75) is 26.3 Å². The van der Waals surface area contributed by atoms with E-state index in [0.717, 1.165) is 18.7 Å². The Balaban J connectivity index is 2.22. The van der Waals surface area contributed by atoms with Crippen LogP contribution < -0.4 is 10.1 Å². The van der Waals surface area contributed by atoms with Crippen LogP contribution >= 0.6 is 0 Å². The SMILES string of the molecule is CCCNC(c1ccc(OCC)cc1)c1cccnc1. The minimum Gasteiger partial charge on any atom is -0.494 e. The summed E-state index contributed by atoms with van der Waals surface area (Å²) in [6.07, 6.45) is 4.83. The molecule has 20 heavy (non-hydrogen) atoms. The fourth-order valence-electron chi connectivity index (χ4n) is 2.19. The highest BCUT2D eigenvalue weighted by Crippen LogP contribution is 2.23. The number of pyridine rings is 1. The molecule has 1 N–H and O–H groups in total. The Morgan fingerprint density at radius 3 is 2.50 bits per heavy atom. The van der Waals surface area contributed by atoms with Crippen LogP contribution in [0.1, 0.15) is 37.4 Å². The fraction of sp³-hybridized carbons (Fsp3) is 0.353. The summed E-state index contributed by atoms with van der Waals surface area (Å²) < 4.78 is 5.49. The van der Waals surface area contributed by atoms with Gasteiger partial charge in [-0.2, -0.15) is 0 Å². The molecule has 2 aromatic rings. The van der Waals surface area contributed by atoms with Crippen LogP contribution in [-0.2, 0) is 0 Å². The van der Waals surface area contributed by atoms with Crippen molar-refractivity contribution < 1.29 is 4.74 Å². The van der Waals surface area contributed by atoms with Gasteiger partial charge in [0.1, 0.15) is 5.75 Å². The van der Waals surface area contributed by atoms with Gasteiger partial charge in [-0.3, -0.25) is 4.98 Å². The van der Waals surface area contributed by atoms with Crippen LogP contribution in [0.25, 0.3) is 0 Å². The molecule has 1 aromatic carbocycles. The molecule has 0 saturated heterocycles. The van der Waals surface area contributed by atoms with E-state index in [1.807, 2.05) is 31.3 Å². The van der Waals surface area contributed by atoms with Gasteiger partial charge in [-0.05, 0) is 49.2 Å². The van der Waals surface area contributed by atoms with Crippen molar-refractivity contribution in [2.24, 2.45) is 0 Å². The Bertz CT molecular complexity index is 496. The number of nitrogens with zero attached hydrogens (tertiary/aromatic N) is 1. The van der Waals surface area contributed by atoms with Gasteiger partial charge in [0.15, 0.2) is 0 Å². The van der Waals surface area contributed by atoms with E-state index in [4.69, 9.17) is 4.74 Å². The van der Waals surface area contributed by atoms with Gasteiger partial charge in [-0.15, -0.1) is 0 Å². The van der Waals surface area contributed by atoms with Crippen LogP contribution in [0.5, 0.6) is 5.75 Å². The van der Waals surface area contributed by atoms with Gasteiger partial charge in [-0.1, -0.05) is 25.1 Å². The number of aromatic nitrogens is 1. The molecule has 0 aliphatic rings. The summed E-state index contributed by atoms with van der Waals surface area (Å²) in [6.45, 7) is 5.84. The van der Waals surface area contributed by atoms with Gasteiger partial charge in [0, 0.05) is 12.4 Å². The summed E-state index contributed by atoms with van der Waals surface area (Å²) >= 11 is 0. The molecule has 3 nitrogen and oxygen atoms in total. The van der Waals surface area contributed by atoms with Gasteiger partial charge >= 0.3 is 0 Å². The number of hydrogen-bond acceptors (Lipinski definition) is 3. The van der Waals surface area contributed by atoms with Gasteiger partial charge in [0.2, 0.25) is 0 Å². The lowest BCUT2D eigenvalue weighted by atomic mass is 10.00. The average molecular weight is 270 g/mol. The Morgan fingerprint density at radius 2 is 1.90 bits per heavy atom. The lowest BCUT2D eigenvalue weighted by molar-refractivity contribution is 0.340. The van der Waals surface area contributed by atoms with Crippen molar-refractivity contribution in [1.29, 1.82) is 0 Å². The highest BCUT2D eigenvalue weighted by atomic mass is 16.5. The Hall–Kier alpha value is -1.87. The van der Waals surface area contributed by atoms with Crippen molar-refractivity contribution >= 4 is 0 Å². The summed E-state index contributed by atoms with van der Waals surface area (Å²) in [7, 11) is 0. The van der Waals surface area contributed by atoms with Gasteiger partial charge in [-0.25, -0.2) is 0 Å². The molecule has 0 aliphatic heterocycles. The van der Waals surface area contributed by atoms with E-state index in [0.29, 0.717) is 6.61 Å². The summed E-state index contributed by atoms with van der Waals surface area (Å²) in [6, 6.07) is 12.5. The van der Waals surface area contributed by atoms with Crippen LogP contribution in [-0.4, -0.2) is 18.1 Å². The second kappa shape index (κ2) is 7.65. The minimum absolute atomic E-state index is 0.180. The highest BCUT2D eigenvalue weighted by Gasteiger charge is 2.13. The lowest BCUT2D eigenvalue weighted by Crippen LogP contribution is -2.23. The second-order valence-electron chi connectivity index (χ2n) is 4.68. The summed E-state index contributed by atoms with van der Waals surface area (Å²) in [5, 5.41) is 3.57. The minimum atomic E-state index is 0.180. The number of benzene rings is 1. The van der Waals surface area contributed by atoms with Gasteiger partial charge in [0.05, 0.1) is 12.6 Å². The predicted molar refractivity (Wildman–Crippen MR) is 82.0 cm³/mol. The third-order valence-corrected chi connectivity index (χ3v) is 3.14. The van der Waals surface area contributed by atoms with Crippen LogP contribution in [0.15, 0.2) is 48.8 Å². The zero-order valence-corrected chi connectivity index (χ0v) is 12.2. The Labute approximate surface area is 121 Å². The van der Waals surface area contributed by atoms with E-state index in [2.05, 4.69) is 35.4 Å². The van der Waals surface area contributed by atoms with Gasteiger partial charge in [0.25, 0.3) is 0 Å². The number of ether oxygens (including phenoxy) is 1. The van der Waals surface area contributed by atoms with Crippen molar-refractivity contribution in [3.05, 3.63) is 59.9 Å². The van der Waals surface area contributed by atoms with E-state index < -0.39 is 0 Å². The lowest BCUT2D eigenvalue weighted by Gasteiger charge is -2.19. The summed E-state index contributed by atoms with van der Waals surface area (Å²) in [5.41, 5.74) is 2.42. The average Bonchev–Trinajstić information content (AvgIpc) is 2.51. The quantitative estimate of drug-likeness (QED) is 0.835. The summed E-state index contributed by atoms with van der Waals surface area (Å²) in [4.78, 5) is 4.22. The molecule has 0 radical (unpaired) electrons. The molecule has 1 atom stereocenters. The molecular weight excluding hydrogens is 248 g/mol. The smallest absolute Gasteiger partial charge is 0.119 e. The molecule has 1 heterocycles. The second-order valence-corrected chi connectivity index (χ2v) is 4.68. The highest BCUT2D eigenvalue weighted by molar-refractivity contribution is 5.34. The van der Waals surface area contributed by atoms with Crippen molar-refractivity contribution in [3.63, 3.8) is 0 Å². The molecule has 0 aliphatic carbocycles. The van der Waals surface area contributed by atoms with Crippen LogP contribution in [0, 0.1) is 0 Å². The number of nitrogens with one attached hydrogen (secondary N) is 1. The maximum atomic E-state index is 5.49. The third-order valence-electron chi connectivity index (χ3n) is 3.14. The Morgan fingerprint density at radius 1 is 1.10 bits per heavy atom. The number of hydrogen-bond donors (Lipinski definition) is 1. The molecule has 0 saturated carbocycles. The Kier molecular flexibility index (Phi) is 5.56. The standard InChI is InChI=1S/C17H22N2O/c1-3-11-19-17(15-6-5-12-18-13-15)14-7-9-16(10-8-14)20-4-2/h5-10,12-13,17,19H,3-4,11H2,1-2H3. The first-order valence-corrected chi connectivity index (χ1v) is 7.21. The molecule has 106 valence electrons. The van der Waals surface area contributed by atoms with E-state index in [1.165, 1.54) is 11.1 Å². The largest absolute Gasteiger partial charge is 0.494 e. The molecule has 0 amide bonds. The molecule has 0 spiro atoms. The first kappa shape index (κ1) is 14.5. The zero-order chi connectivity index (χ0) is 14.2. The molecule has 2 rings (SSSR count). The third kappa shape index (κ3) is 3.81. The fourth-order valence-corrected chi connectivity index (χ4v) is 2.19. The number of rotatable bonds is 7. The molecule has 3 heteroatoms. The van der Waals surface area contributed by atoms with Crippen LogP contribution in [0.2, 0.25) is 0 Å². The van der Waals surface area contributed by atoms with E-state index in [1.54, 1.807) is 6.20 Å². The first-order valence-electron chi connectivity index (χ1n) is 7.21. The van der Waals surface area contributed by atoms with Crippen LogP contribution in [0.3, 0.4) is 0 Å². The topological polar surface area (TPSA) is 34.1 Å². The summed E-state index contributed by atoms with van der Waals surface area (Å²) in [5.74, 6) is 0.914. The maximum Gasteiger partial charge on any atom is 0.119 e. The molecular formula is C17H22N2O.